The van der Waals surface area contributed by atoms with Crippen LogP contribution >= 0.6 is 0 Å². The Morgan fingerprint density at radius 3 is 2.86 bits per heavy atom. The van der Waals surface area contributed by atoms with Crippen molar-refractivity contribution in [1.29, 1.82) is 0 Å². The molecule has 14 heavy (non-hydrogen) atoms. The summed E-state index contributed by atoms with van der Waals surface area (Å²) < 4.78 is 11.0. The molecule has 0 amide bonds. The molecule has 3 N–H and O–H groups in total. The normalized spacial score (nSPS) is 31.6. The van der Waals surface area contributed by atoms with Gasteiger partial charge in [-0.3, -0.25) is 4.21 Å². The van der Waals surface area contributed by atoms with Crippen LogP contribution in [-0.2, 0) is 10.8 Å². The molecule has 1 aliphatic carbocycles. The van der Waals surface area contributed by atoms with Crippen LogP contribution in [0.3, 0.4) is 0 Å². The van der Waals surface area contributed by atoms with Crippen LogP contribution in [0.2, 0.25) is 0 Å². The average Bonchev–Trinajstić information content (AvgIpc) is 2.50. The highest BCUT2D eigenvalue weighted by molar-refractivity contribution is 7.84. The molecular weight excluding hydrogens is 196 g/mol. The Bertz CT molecular complexity index is 199. The Kier molecular flexibility index (Phi) is 5.06. The SMILES string of the molecule is CC(CS(C)=O)NC1CCCC1CN. The zero-order chi connectivity index (χ0) is 10.6. The number of rotatable bonds is 5. The van der Waals surface area contributed by atoms with Crippen molar-refractivity contribution in [3.05, 3.63) is 0 Å². The molecule has 84 valence electrons. The van der Waals surface area contributed by atoms with Crippen molar-refractivity contribution in [1.82, 2.24) is 5.32 Å². The van der Waals surface area contributed by atoms with Crippen molar-refractivity contribution < 1.29 is 4.21 Å². The van der Waals surface area contributed by atoms with Crippen molar-refractivity contribution in [3.63, 3.8) is 0 Å². The first-order chi connectivity index (χ1) is 6.63. The molecular formula is C10H22N2OS. The molecule has 1 rings (SSSR count). The maximum Gasteiger partial charge on any atom is 0.0383 e. The number of hydrogen-bond acceptors (Lipinski definition) is 3. The van der Waals surface area contributed by atoms with Crippen molar-refractivity contribution in [2.45, 2.75) is 38.3 Å². The maximum absolute atomic E-state index is 11.0. The highest BCUT2D eigenvalue weighted by Crippen LogP contribution is 2.24. The zero-order valence-corrected chi connectivity index (χ0v) is 9.98. The first-order valence-corrected chi connectivity index (χ1v) is 7.12. The van der Waals surface area contributed by atoms with Crippen LogP contribution in [0.25, 0.3) is 0 Å². The molecule has 4 unspecified atom stereocenters. The second-order valence-electron chi connectivity index (χ2n) is 4.34. The van der Waals surface area contributed by atoms with E-state index in [2.05, 4.69) is 12.2 Å². The van der Waals surface area contributed by atoms with E-state index in [-0.39, 0.29) is 0 Å². The fourth-order valence-electron chi connectivity index (χ4n) is 2.30. The second-order valence-corrected chi connectivity index (χ2v) is 5.82. The van der Waals surface area contributed by atoms with Crippen LogP contribution < -0.4 is 11.1 Å². The highest BCUT2D eigenvalue weighted by Gasteiger charge is 2.26. The summed E-state index contributed by atoms with van der Waals surface area (Å²) >= 11 is 0. The van der Waals surface area contributed by atoms with E-state index in [0.29, 0.717) is 18.0 Å². The molecule has 1 saturated carbocycles. The first-order valence-electron chi connectivity index (χ1n) is 5.39. The molecule has 4 atom stereocenters. The lowest BCUT2D eigenvalue weighted by atomic mass is 10.0. The van der Waals surface area contributed by atoms with Crippen molar-refractivity contribution in [2.24, 2.45) is 11.7 Å². The summed E-state index contributed by atoms with van der Waals surface area (Å²) in [6.45, 7) is 2.88. The number of hydrogen-bond donors (Lipinski definition) is 2. The van der Waals surface area contributed by atoms with E-state index in [9.17, 15) is 4.21 Å². The first kappa shape index (κ1) is 12.1. The van der Waals surface area contributed by atoms with Crippen LogP contribution in [0.5, 0.6) is 0 Å². The van der Waals surface area contributed by atoms with E-state index in [0.717, 1.165) is 12.3 Å². The molecule has 0 aliphatic heterocycles. The predicted octanol–water partition coefficient (Wildman–Crippen LogP) is 0.470. The van der Waals surface area contributed by atoms with Gasteiger partial charge in [-0.2, -0.15) is 0 Å². The summed E-state index contributed by atoms with van der Waals surface area (Å²) in [5.74, 6) is 1.37. The topological polar surface area (TPSA) is 55.1 Å². The molecule has 0 aromatic rings. The summed E-state index contributed by atoms with van der Waals surface area (Å²) in [5, 5.41) is 3.54. The van der Waals surface area contributed by atoms with Gasteiger partial charge in [0, 0.05) is 34.9 Å². The molecule has 3 nitrogen and oxygen atoms in total. The Morgan fingerprint density at radius 1 is 1.57 bits per heavy atom. The van der Waals surface area contributed by atoms with Crippen molar-refractivity contribution >= 4 is 10.8 Å². The Labute approximate surface area is 89.3 Å². The highest BCUT2D eigenvalue weighted by atomic mass is 32.2. The van der Waals surface area contributed by atoms with E-state index in [4.69, 9.17) is 5.73 Å². The van der Waals surface area contributed by atoms with Crippen LogP contribution in [0.4, 0.5) is 0 Å². The lowest BCUT2D eigenvalue weighted by Gasteiger charge is -2.23. The van der Waals surface area contributed by atoms with Gasteiger partial charge in [0.2, 0.25) is 0 Å². The van der Waals surface area contributed by atoms with E-state index in [1.165, 1.54) is 19.3 Å². The molecule has 0 saturated heterocycles. The van der Waals surface area contributed by atoms with Gasteiger partial charge in [-0.15, -0.1) is 0 Å². The molecule has 0 aromatic heterocycles. The van der Waals surface area contributed by atoms with E-state index < -0.39 is 10.8 Å². The quantitative estimate of drug-likeness (QED) is 0.705. The van der Waals surface area contributed by atoms with Crippen LogP contribution in [0.1, 0.15) is 26.2 Å². The minimum atomic E-state index is -0.703. The van der Waals surface area contributed by atoms with Crippen molar-refractivity contribution in [3.8, 4) is 0 Å². The van der Waals surface area contributed by atoms with Gasteiger partial charge in [-0.25, -0.2) is 0 Å². The second kappa shape index (κ2) is 5.83. The van der Waals surface area contributed by atoms with Gasteiger partial charge in [-0.05, 0) is 32.2 Å². The van der Waals surface area contributed by atoms with Gasteiger partial charge in [0.1, 0.15) is 0 Å². The van der Waals surface area contributed by atoms with Gasteiger partial charge in [0.05, 0.1) is 0 Å². The number of nitrogens with one attached hydrogen (secondary N) is 1. The minimum absolute atomic E-state index is 0.345. The van der Waals surface area contributed by atoms with Crippen molar-refractivity contribution in [2.75, 3.05) is 18.6 Å². The van der Waals surface area contributed by atoms with Gasteiger partial charge >= 0.3 is 0 Å². The molecule has 1 aliphatic rings. The molecule has 1 fully saturated rings. The fraction of sp³-hybridized carbons (Fsp3) is 1.00. The van der Waals surface area contributed by atoms with E-state index >= 15 is 0 Å². The summed E-state index contributed by atoms with van der Waals surface area (Å²) in [7, 11) is -0.703. The monoisotopic (exact) mass is 218 g/mol. The van der Waals surface area contributed by atoms with Crippen LogP contribution in [0, 0.1) is 5.92 Å². The minimum Gasteiger partial charge on any atom is -0.330 e. The van der Waals surface area contributed by atoms with Crippen LogP contribution in [-0.4, -0.2) is 34.8 Å². The predicted molar refractivity (Wildman–Crippen MR) is 61.7 cm³/mol. The van der Waals surface area contributed by atoms with Gasteiger partial charge in [-0.1, -0.05) is 6.42 Å². The smallest absolute Gasteiger partial charge is 0.0383 e. The Balaban J connectivity index is 2.31. The lowest BCUT2D eigenvalue weighted by Crippen LogP contribution is -2.43. The summed E-state index contributed by atoms with van der Waals surface area (Å²) in [5.41, 5.74) is 5.70. The Morgan fingerprint density at radius 2 is 2.29 bits per heavy atom. The number of nitrogens with two attached hydrogens (primary N) is 1. The van der Waals surface area contributed by atoms with E-state index in [1.54, 1.807) is 6.26 Å². The molecule has 0 aromatic carbocycles. The Hall–Kier alpha value is 0.0700. The molecule has 0 heterocycles. The summed E-state index contributed by atoms with van der Waals surface area (Å²) in [6.07, 6.45) is 5.51. The molecule has 0 bridgehead atoms. The summed E-state index contributed by atoms with van der Waals surface area (Å²) in [4.78, 5) is 0. The third-order valence-corrected chi connectivity index (χ3v) is 3.91. The molecule has 4 heteroatoms. The standard InChI is InChI=1S/C10H22N2OS/c1-8(7-14(2)13)12-10-5-3-4-9(10)6-11/h8-10,12H,3-7,11H2,1-2H3. The maximum atomic E-state index is 11.0. The van der Waals surface area contributed by atoms with Gasteiger partial charge < -0.3 is 11.1 Å². The fourth-order valence-corrected chi connectivity index (χ4v) is 3.10. The third-order valence-electron chi connectivity index (χ3n) is 2.95. The third kappa shape index (κ3) is 3.67. The zero-order valence-electron chi connectivity index (χ0n) is 9.16. The summed E-state index contributed by atoms with van der Waals surface area (Å²) in [6, 6.07) is 0.900. The average molecular weight is 218 g/mol. The molecule has 0 radical (unpaired) electrons. The van der Waals surface area contributed by atoms with Gasteiger partial charge in [0.25, 0.3) is 0 Å². The largest absolute Gasteiger partial charge is 0.330 e. The van der Waals surface area contributed by atoms with Gasteiger partial charge in [0.15, 0.2) is 0 Å². The van der Waals surface area contributed by atoms with Crippen LogP contribution in [0.15, 0.2) is 0 Å². The molecule has 0 spiro atoms. The lowest BCUT2D eigenvalue weighted by molar-refractivity contribution is 0.381. The van der Waals surface area contributed by atoms with E-state index in [1.807, 2.05) is 0 Å².